The highest BCUT2D eigenvalue weighted by Crippen LogP contribution is 2.08. The Labute approximate surface area is 102 Å². The lowest BCUT2D eigenvalue weighted by Gasteiger charge is -2.34. The monoisotopic (exact) mass is 230 g/mol. The van der Waals surface area contributed by atoms with Gasteiger partial charge in [-0.1, -0.05) is 36.9 Å². The van der Waals surface area contributed by atoms with E-state index in [0.717, 1.165) is 32.7 Å². The van der Waals surface area contributed by atoms with Gasteiger partial charge in [0.05, 0.1) is 0 Å². The molecule has 1 aromatic rings. The van der Waals surface area contributed by atoms with Crippen molar-refractivity contribution < 1.29 is 4.79 Å². The summed E-state index contributed by atoms with van der Waals surface area (Å²) in [5.74, 6) is 0.0457. The molecular weight excluding hydrogens is 212 g/mol. The number of benzene rings is 1. The first kappa shape index (κ1) is 11.9. The molecule has 0 N–H and O–H groups in total. The molecule has 1 amide bonds. The minimum atomic E-state index is 0.0457. The second-order valence-electron chi connectivity index (χ2n) is 4.29. The molecule has 0 aliphatic carbocycles. The Morgan fingerprint density at radius 1 is 1.18 bits per heavy atom. The first-order chi connectivity index (χ1) is 8.29. The maximum atomic E-state index is 11.4. The van der Waals surface area contributed by atoms with Crippen LogP contribution in [0.5, 0.6) is 0 Å². The zero-order chi connectivity index (χ0) is 12.1. The number of piperazine rings is 1. The molecule has 1 aliphatic heterocycles. The van der Waals surface area contributed by atoms with Gasteiger partial charge in [0.1, 0.15) is 0 Å². The molecule has 0 radical (unpaired) electrons. The van der Waals surface area contributed by atoms with Crippen molar-refractivity contribution in [3.8, 4) is 0 Å². The average molecular weight is 230 g/mol. The Hall–Kier alpha value is -1.61. The number of amides is 1. The molecule has 17 heavy (non-hydrogen) atoms. The van der Waals surface area contributed by atoms with Crippen LogP contribution >= 0.6 is 0 Å². The van der Waals surface area contributed by atoms with Crippen molar-refractivity contribution in [1.29, 1.82) is 0 Å². The summed E-state index contributed by atoms with van der Waals surface area (Å²) in [5, 5.41) is 0. The Morgan fingerprint density at radius 2 is 1.82 bits per heavy atom. The van der Waals surface area contributed by atoms with Crippen LogP contribution in [-0.2, 0) is 11.3 Å². The molecule has 0 saturated carbocycles. The second kappa shape index (κ2) is 5.64. The Balaban J connectivity index is 1.83. The Kier molecular flexibility index (Phi) is 3.94. The normalized spacial score (nSPS) is 16.8. The third kappa shape index (κ3) is 3.17. The molecule has 3 heteroatoms. The summed E-state index contributed by atoms with van der Waals surface area (Å²) < 4.78 is 0. The van der Waals surface area contributed by atoms with Crippen molar-refractivity contribution in [2.24, 2.45) is 0 Å². The third-order valence-corrected chi connectivity index (χ3v) is 3.11. The van der Waals surface area contributed by atoms with E-state index in [0.29, 0.717) is 0 Å². The molecule has 2 rings (SSSR count). The van der Waals surface area contributed by atoms with Gasteiger partial charge in [-0.05, 0) is 11.6 Å². The van der Waals surface area contributed by atoms with E-state index in [1.807, 2.05) is 11.0 Å². The summed E-state index contributed by atoms with van der Waals surface area (Å²) in [6, 6.07) is 10.4. The van der Waals surface area contributed by atoms with E-state index in [2.05, 4.69) is 35.7 Å². The maximum Gasteiger partial charge on any atom is 0.246 e. The third-order valence-electron chi connectivity index (χ3n) is 3.11. The number of hydrogen-bond donors (Lipinski definition) is 0. The van der Waals surface area contributed by atoms with Crippen molar-refractivity contribution in [1.82, 2.24) is 9.80 Å². The van der Waals surface area contributed by atoms with Gasteiger partial charge in [0.2, 0.25) is 5.91 Å². The van der Waals surface area contributed by atoms with Crippen LogP contribution in [0.1, 0.15) is 5.56 Å². The van der Waals surface area contributed by atoms with Gasteiger partial charge in [0, 0.05) is 32.7 Å². The quantitative estimate of drug-likeness (QED) is 0.735. The second-order valence-corrected chi connectivity index (χ2v) is 4.29. The van der Waals surface area contributed by atoms with Gasteiger partial charge >= 0.3 is 0 Å². The molecular formula is C14H18N2O. The molecule has 90 valence electrons. The van der Waals surface area contributed by atoms with Crippen LogP contribution in [0.4, 0.5) is 0 Å². The van der Waals surface area contributed by atoms with Crippen molar-refractivity contribution in [3.05, 3.63) is 48.6 Å². The molecule has 0 spiro atoms. The molecule has 3 nitrogen and oxygen atoms in total. The van der Waals surface area contributed by atoms with Crippen molar-refractivity contribution in [3.63, 3.8) is 0 Å². The van der Waals surface area contributed by atoms with Crippen LogP contribution in [0.3, 0.4) is 0 Å². The van der Waals surface area contributed by atoms with Crippen LogP contribution in [-0.4, -0.2) is 41.9 Å². The zero-order valence-electron chi connectivity index (χ0n) is 10.0. The van der Waals surface area contributed by atoms with E-state index >= 15 is 0 Å². The molecule has 1 fully saturated rings. The summed E-state index contributed by atoms with van der Waals surface area (Å²) >= 11 is 0. The highest BCUT2D eigenvalue weighted by Gasteiger charge is 2.18. The number of nitrogens with zero attached hydrogens (tertiary/aromatic N) is 2. The molecule has 1 aliphatic rings. The standard InChI is InChI=1S/C14H18N2O/c1-2-14(17)16-10-8-15(9-11-16)12-13-6-4-3-5-7-13/h2-7H,1,8-12H2. The molecule has 1 saturated heterocycles. The molecule has 0 atom stereocenters. The van der Waals surface area contributed by atoms with Gasteiger partial charge in [-0.3, -0.25) is 9.69 Å². The van der Waals surface area contributed by atoms with Gasteiger partial charge in [0.25, 0.3) is 0 Å². The minimum absolute atomic E-state index is 0.0457. The van der Waals surface area contributed by atoms with Crippen molar-refractivity contribution >= 4 is 5.91 Å². The van der Waals surface area contributed by atoms with Gasteiger partial charge in [0.15, 0.2) is 0 Å². The fourth-order valence-electron chi connectivity index (χ4n) is 2.10. The lowest BCUT2D eigenvalue weighted by Crippen LogP contribution is -2.47. The largest absolute Gasteiger partial charge is 0.337 e. The Bertz CT molecular complexity index is 380. The number of rotatable bonds is 3. The summed E-state index contributed by atoms with van der Waals surface area (Å²) in [7, 11) is 0. The summed E-state index contributed by atoms with van der Waals surface area (Å²) in [6.07, 6.45) is 1.40. The minimum Gasteiger partial charge on any atom is -0.337 e. The fourth-order valence-corrected chi connectivity index (χ4v) is 2.10. The van der Waals surface area contributed by atoms with Crippen LogP contribution in [0.2, 0.25) is 0 Å². The van der Waals surface area contributed by atoms with Gasteiger partial charge < -0.3 is 4.90 Å². The van der Waals surface area contributed by atoms with Crippen molar-refractivity contribution in [2.75, 3.05) is 26.2 Å². The first-order valence-corrected chi connectivity index (χ1v) is 5.97. The molecule has 0 aromatic heterocycles. The fraction of sp³-hybridized carbons (Fsp3) is 0.357. The predicted molar refractivity (Wildman–Crippen MR) is 68.5 cm³/mol. The van der Waals surface area contributed by atoms with E-state index in [-0.39, 0.29) is 5.91 Å². The molecule has 0 unspecified atom stereocenters. The van der Waals surface area contributed by atoms with Crippen LogP contribution < -0.4 is 0 Å². The van der Waals surface area contributed by atoms with Gasteiger partial charge in [-0.2, -0.15) is 0 Å². The average Bonchev–Trinajstić information content (AvgIpc) is 2.40. The van der Waals surface area contributed by atoms with E-state index < -0.39 is 0 Å². The summed E-state index contributed by atoms with van der Waals surface area (Å²) in [4.78, 5) is 15.7. The molecule has 1 aromatic carbocycles. The van der Waals surface area contributed by atoms with E-state index in [1.54, 1.807) is 0 Å². The van der Waals surface area contributed by atoms with Crippen LogP contribution in [0, 0.1) is 0 Å². The Morgan fingerprint density at radius 3 is 2.41 bits per heavy atom. The lowest BCUT2D eigenvalue weighted by atomic mass is 10.2. The molecule has 1 heterocycles. The summed E-state index contributed by atoms with van der Waals surface area (Å²) in [6.45, 7) is 7.97. The SMILES string of the molecule is C=CC(=O)N1CCN(Cc2ccccc2)CC1. The van der Waals surface area contributed by atoms with Crippen LogP contribution in [0.15, 0.2) is 43.0 Å². The van der Waals surface area contributed by atoms with Crippen molar-refractivity contribution in [2.45, 2.75) is 6.54 Å². The summed E-state index contributed by atoms with van der Waals surface area (Å²) in [5.41, 5.74) is 1.33. The maximum absolute atomic E-state index is 11.4. The van der Waals surface area contributed by atoms with E-state index in [1.165, 1.54) is 11.6 Å². The first-order valence-electron chi connectivity index (χ1n) is 5.97. The number of carbonyl (C=O) groups excluding carboxylic acids is 1. The van der Waals surface area contributed by atoms with E-state index in [9.17, 15) is 4.79 Å². The zero-order valence-corrected chi connectivity index (χ0v) is 10.0. The molecule has 0 bridgehead atoms. The van der Waals surface area contributed by atoms with E-state index in [4.69, 9.17) is 0 Å². The predicted octanol–water partition coefficient (Wildman–Crippen LogP) is 1.52. The topological polar surface area (TPSA) is 23.6 Å². The number of carbonyl (C=O) groups is 1. The van der Waals surface area contributed by atoms with Gasteiger partial charge in [-0.15, -0.1) is 0 Å². The number of hydrogen-bond acceptors (Lipinski definition) is 2. The smallest absolute Gasteiger partial charge is 0.246 e. The van der Waals surface area contributed by atoms with Crippen LogP contribution in [0.25, 0.3) is 0 Å². The lowest BCUT2D eigenvalue weighted by molar-refractivity contribution is -0.127. The highest BCUT2D eigenvalue weighted by atomic mass is 16.2. The van der Waals surface area contributed by atoms with Gasteiger partial charge in [-0.25, -0.2) is 0 Å². The highest BCUT2D eigenvalue weighted by molar-refractivity contribution is 5.87.